The summed E-state index contributed by atoms with van der Waals surface area (Å²) in [4.78, 5) is 7.10. The second kappa shape index (κ2) is 7.93. The van der Waals surface area contributed by atoms with Crippen LogP contribution in [0.25, 0.3) is 0 Å². The number of nitrogens with two attached hydrogens (primary N) is 2. The van der Waals surface area contributed by atoms with Crippen LogP contribution in [0.2, 0.25) is 0 Å². The maximum absolute atomic E-state index is 11.2. The van der Waals surface area contributed by atoms with E-state index in [2.05, 4.69) is 0 Å². The van der Waals surface area contributed by atoms with Crippen LogP contribution in [0.15, 0.2) is 48.5 Å². The molecule has 7 heteroatoms. The molecule has 0 saturated carbocycles. The van der Waals surface area contributed by atoms with Crippen LogP contribution < -0.4 is 41.0 Å². The monoisotopic (exact) mass is 429 g/mol. The van der Waals surface area contributed by atoms with E-state index in [4.69, 9.17) is 19.4 Å². The van der Waals surface area contributed by atoms with Crippen LogP contribution in [0.1, 0.15) is 18.1 Å². The van der Waals surface area contributed by atoms with E-state index in [0.29, 0.717) is 11.0 Å². The third kappa shape index (κ3) is 4.55. The van der Waals surface area contributed by atoms with Gasteiger partial charge in [0, 0.05) is 6.54 Å². The summed E-state index contributed by atoms with van der Waals surface area (Å²) in [5, 5.41) is 11.7. The van der Waals surface area contributed by atoms with Gasteiger partial charge in [-0.15, -0.1) is 0 Å². The molecule has 23 heavy (non-hydrogen) atoms. The Morgan fingerprint density at radius 2 is 1.48 bits per heavy atom. The van der Waals surface area contributed by atoms with E-state index >= 15 is 0 Å². The number of rotatable bonds is 7. The van der Waals surface area contributed by atoms with Crippen LogP contribution in [-0.4, -0.2) is 16.7 Å². The fourth-order valence-corrected chi connectivity index (χ4v) is 2.81. The molecule has 2 aromatic carbocycles. The summed E-state index contributed by atoms with van der Waals surface area (Å²) < 4.78 is 5.52. The molecule has 0 aliphatic carbocycles. The topological polar surface area (TPSA) is 96.8 Å². The molecule has 2 aromatic rings. The summed E-state index contributed by atoms with van der Waals surface area (Å²) in [7, 11) is 0. The van der Waals surface area contributed by atoms with E-state index < -0.39 is 5.66 Å². The van der Waals surface area contributed by atoms with Crippen molar-refractivity contribution in [3.05, 3.63) is 64.9 Å². The van der Waals surface area contributed by atoms with Crippen molar-refractivity contribution in [3.8, 4) is 11.5 Å². The van der Waals surface area contributed by atoms with E-state index in [1.54, 1.807) is 31.2 Å². The second-order valence-corrected chi connectivity index (χ2v) is 6.21. The summed E-state index contributed by atoms with van der Waals surface area (Å²) in [6.07, 6.45) is 0. The molecular weight excluding hydrogens is 409 g/mol. The summed E-state index contributed by atoms with van der Waals surface area (Å²) in [6.45, 7) is 1.95. The Bertz CT molecular complexity index is 617. The van der Waals surface area contributed by atoms with Gasteiger partial charge in [-0.2, -0.15) is 0 Å². The predicted octanol–water partition coefficient (Wildman–Crippen LogP) is -1.07. The summed E-state index contributed by atoms with van der Waals surface area (Å²) in [5.74, 6) is 1.26. The Balaban J connectivity index is 2.18. The van der Waals surface area contributed by atoms with Gasteiger partial charge in [-0.25, -0.2) is 0 Å². The summed E-state index contributed by atoms with van der Waals surface area (Å²) >= 11 is -0.273. The molecule has 0 amide bonds. The van der Waals surface area contributed by atoms with Gasteiger partial charge in [0.25, 0.3) is 0 Å². The van der Waals surface area contributed by atoms with Crippen LogP contribution in [0.5, 0.6) is 11.5 Å². The number of alkyl halides is 1. The number of hydrogen-bond donors (Lipinski definition) is 2. The first-order valence-electron chi connectivity index (χ1n) is 7.05. The van der Waals surface area contributed by atoms with Gasteiger partial charge >= 0.3 is 128 Å². The minimum atomic E-state index is -1.14. The van der Waals surface area contributed by atoms with E-state index in [1.807, 2.05) is 29.2 Å². The van der Waals surface area contributed by atoms with Gasteiger partial charge in [-0.05, 0) is 0 Å². The average molecular weight is 429 g/mol. The van der Waals surface area contributed by atoms with Crippen molar-refractivity contribution >= 4 is 0 Å². The molecule has 6 nitrogen and oxygen atoms in total. The van der Waals surface area contributed by atoms with E-state index in [0.717, 1.165) is 16.9 Å². The van der Waals surface area contributed by atoms with Gasteiger partial charge in [-0.3, -0.25) is 0 Å². The first kappa shape index (κ1) is 18.0. The SMILES string of the molecule is CCN([O-])Oc1ccc(C(N)(N)c2ccc(O[I-]C)cc2)cc1. The van der Waals surface area contributed by atoms with Crippen LogP contribution in [0, 0.1) is 5.21 Å². The van der Waals surface area contributed by atoms with Gasteiger partial charge in [0.1, 0.15) is 0 Å². The molecule has 0 fully saturated rings. The number of hydrogen-bond acceptors (Lipinski definition) is 6. The molecule has 0 spiro atoms. The number of benzene rings is 2. The van der Waals surface area contributed by atoms with Crippen LogP contribution in [-0.2, 0) is 5.66 Å². The summed E-state index contributed by atoms with van der Waals surface area (Å²) in [5.41, 5.74) is 12.9. The third-order valence-electron chi connectivity index (χ3n) is 3.30. The van der Waals surface area contributed by atoms with Crippen LogP contribution in [0.4, 0.5) is 0 Å². The number of hydroxylamine groups is 2. The fraction of sp³-hybridized carbons (Fsp3) is 0.250. The zero-order valence-electron chi connectivity index (χ0n) is 13.0. The first-order valence-corrected chi connectivity index (χ1v) is 10.1. The van der Waals surface area contributed by atoms with Gasteiger partial charge < -0.3 is 5.21 Å². The fourth-order valence-electron chi connectivity index (χ4n) is 2.01. The van der Waals surface area contributed by atoms with Crippen molar-refractivity contribution in [1.82, 2.24) is 5.23 Å². The quantitative estimate of drug-likeness (QED) is 0.252. The molecule has 4 N–H and O–H groups in total. The molecular formula is C16H20IN3O3-2. The Hall–Kier alpha value is -1.39. The van der Waals surface area contributed by atoms with E-state index in [9.17, 15) is 5.21 Å². The number of nitrogens with zero attached hydrogens (tertiary/aromatic N) is 1. The summed E-state index contributed by atoms with van der Waals surface area (Å²) in [6, 6.07) is 14.3. The zero-order valence-corrected chi connectivity index (χ0v) is 15.2. The van der Waals surface area contributed by atoms with E-state index in [-0.39, 0.29) is 28.2 Å². The van der Waals surface area contributed by atoms with Crippen molar-refractivity contribution in [2.75, 3.05) is 11.5 Å². The van der Waals surface area contributed by atoms with Crippen molar-refractivity contribution in [2.24, 2.45) is 11.5 Å². The Morgan fingerprint density at radius 3 is 1.91 bits per heavy atom. The Labute approximate surface area is 146 Å². The predicted molar refractivity (Wildman–Crippen MR) is 85.0 cm³/mol. The molecule has 0 aromatic heterocycles. The first-order chi connectivity index (χ1) is 11.0. The Kier molecular flexibility index (Phi) is 6.19. The van der Waals surface area contributed by atoms with Crippen molar-refractivity contribution < 1.29 is 29.5 Å². The molecule has 0 aliphatic rings. The van der Waals surface area contributed by atoms with Crippen molar-refractivity contribution in [1.29, 1.82) is 0 Å². The number of halogens is 1. The van der Waals surface area contributed by atoms with E-state index in [1.165, 1.54) is 0 Å². The average Bonchev–Trinajstić information content (AvgIpc) is 2.56. The van der Waals surface area contributed by atoms with Crippen LogP contribution >= 0.6 is 0 Å². The second-order valence-electron chi connectivity index (χ2n) is 4.89. The normalized spacial score (nSPS) is 11.7. The molecule has 126 valence electrons. The van der Waals surface area contributed by atoms with Gasteiger partial charge in [0.2, 0.25) is 0 Å². The molecule has 0 heterocycles. The van der Waals surface area contributed by atoms with Gasteiger partial charge in [0.15, 0.2) is 0 Å². The molecule has 0 unspecified atom stereocenters. The van der Waals surface area contributed by atoms with Gasteiger partial charge in [0.05, 0.1) is 0 Å². The molecule has 0 atom stereocenters. The Morgan fingerprint density at radius 1 is 1.00 bits per heavy atom. The molecule has 0 aliphatic heterocycles. The maximum atomic E-state index is 11.2. The minimum absolute atomic E-state index is 0.244. The third-order valence-corrected chi connectivity index (χ3v) is 4.24. The van der Waals surface area contributed by atoms with Crippen molar-refractivity contribution in [3.63, 3.8) is 0 Å². The van der Waals surface area contributed by atoms with Crippen molar-refractivity contribution in [2.45, 2.75) is 12.6 Å². The van der Waals surface area contributed by atoms with Gasteiger partial charge in [-0.1, -0.05) is 6.92 Å². The molecule has 0 radical (unpaired) electrons. The standard InChI is InChI=1S/C16H20IN3O3/c1-3-20(21)23-15-10-6-13(7-11-15)16(18,19)12-4-8-14(9-5-12)22-17-2/h4-11H,3,18-19H2,1-2H3/q-2. The molecule has 0 bridgehead atoms. The molecule has 2 rings (SSSR count). The zero-order chi connectivity index (χ0) is 16.9. The van der Waals surface area contributed by atoms with Crippen LogP contribution in [0.3, 0.4) is 0 Å². The molecule has 0 saturated heterocycles.